The highest BCUT2D eigenvalue weighted by Crippen LogP contribution is 2.37. The molecule has 1 amide bonds. The second-order valence-corrected chi connectivity index (χ2v) is 8.64. The Labute approximate surface area is 200 Å². The average molecular weight is 463 g/mol. The lowest BCUT2D eigenvalue weighted by Gasteiger charge is -2.23. The molecule has 1 unspecified atom stereocenters. The predicted octanol–water partition coefficient (Wildman–Crippen LogP) is 5.75. The molecule has 3 N–H and O–H groups in total. The van der Waals surface area contributed by atoms with E-state index in [0.717, 1.165) is 58.3 Å². The Kier molecular flexibility index (Phi) is 7.29. The first-order valence-corrected chi connectivity index (χ1v) is 11.6. The van der Waals surface area contributed by atoms with Crippen LogP contribution in [-0.4, -0.2) is 25.7 Å². The molecule has 1 aliphatic heterocycles. The van der Waals surface area contributed by atoms with Crippen molar-refractivity contribution in [2.75, 3.05) is 19.0 Å². The summed E-state index contributed by atoms with van der Waals surface area (Å²) in [5.41, 5.74) is 12.5. The number of nitrogens with one attached hydrogen (secondary N) is 1. The van der Waals surface area contributed by atoms with Crippen molar-refractivity contribution in [2.24, 2.45) is 5.73 Å². The van der Waals surface area contributed by atoms with Crippen molar-refractivity contribution >= 4 is 11.6 Å². The fraction of sp³-hybridized carbons (Fsp3) is 0.321. The summed E-state index contributed by atoms with van der Waals surface area (Å²) in [6.45, 7) is 4.71. The molecular weight excluding hydrogens is 431 g/mol. The highest BCUT2D eigenvalue weighted by Gasteiger charge is 2.23. The van der Waals surface area contributed by atoms with Crippen molar-refractivity contribution in [2.45, 2.75) is 45.8 Å². The van der Waals surface area contributed by atoms with Gasteiger partial charge >= 0.3 is 0 Å². The third-order valence-electron chi connectivity index (χ3n) is 6.58. The molecule has 0 bridgehead atoms. The maximum absolute atomic E-state index is 14.7. The van der Waals surface area contributed by atoms with Crippen LogP contribution in [0.15, 0.2) is 48.5 Å². The molecule has 0 aromatic heterocycles. The van der Waals surface area contributed by atoms with E-state index in [-0.39, 0.29) is 18.3 Å². The summed E-state index contributed by atoms with van der Waals surface area (Å²) in [5, 5.41) is 3.05. The van der Waals surface area contributed by atoms with Crippen LogP contribution in [0.5, 0.6) is 5.75 Å². The van der Waals surface area contributed by atoms with Gasteiger partial charge < -0.3 is 20.5 Å². The van der Waals surface area contributed by atoms with Gasteiger partial charge in [0, 0.05) is 24.4 Å². The third-order valence-corrected chi connectivity index (χ3v) is 6.58. The Balaban J connectivity index is 1.70. The normalized spacial score (nSPS) is 15.7. The van der Waals surface area contributed by atoms with Gasteiger partial charge in [-0.3, -0.25) is 4.79 Å². The Hall–Kier alpha value is -3.22. The smallest absolute Gasteiger partial charge is 0.253 e. The number of amides is 1. The van der Waals surface area contributed by atoms with E-state index in [1.54, 1.807) is 0 Å². The minimum atomic E-state index is -0.400. The van der Waals surface area contributed by atoms with Crippen LogP contribution in [0.2, 0.25) is 0 Å². The molecule has 6 heteroatoms. The molecule has 0 spiro atoms. The number of benzene rings is 3. The molecule has 34 heavy (non-hydrogen) atoms. The van der Waals surface area contributed by atoms with Crippen molar-refractivity contribution < 1.29 is 18.7 Å². The summed E-state index contributed by atoms with van der Waals surface area (Å²) in [6, 6.07) is 15.2. The average Bonchev–Trinajstić information content (AvgIpc) is 2.85. The zero-order valence-corrected chi connectivity index (χ0v) is 19.9. The third kappa shape index (κ3) is 4.69. The van der Waals surface area contributed by atoms with Crippen molar-refractivity contribution in [3.8, 4) is 28.0 Å². The first kappa shape index (κ1) is 23.9. The second kappa shape index (κ2) is 10.4. The van der Waals surface area contributed by atoms with Gasteiger partial charge in [0.15, 0.2) is 0 Å². The quantitative estimate of drug-likeness (QED) is 0.489. The highest BCUT2D eigenvalue weighted by atomic mass is 19.1. The second-order valence-electron chi connectivity index (χ2n) is 8.64. The van der Waals surface area contributed by atoms with Crippen LogP contribution in [0, 0.1) is 19.7 Å². The van der Waals surface area contributed by atoms with Crippen molar-refractivity contribution in [3.05, 3.63) is 71.0 Å². The van der Waals surface area contributed by atoms with Gasteiger partial charge in [-0.05, 0) is 84.7 Å². The van der Waals surface area contributed by atoms with E-state index in [4.69, 9.17) is 15.2 Å². The van der Waals surface area contributed by atoms with Crippen LogP contribution in [0.25, 0.3) is 22.3 Å². The van der Waals surface area contributed by atoms with Gasteiger partial charge in [0.2, 0.25) is 0 Å². The lowest BCUT2D eigenvalue weighted by Crippen LogP contribution is -2.33. The monoisotopic (exact) mass is 462 g/mol. The molecular formula is C28H31FN2O3. The number of anilines is 1. The Morgan fingerprint density at radius 2 is 1.79 bits per heavy atom. The summed E-state index contributed by atoms with van der Waals surface area (Å²) in [5.74, 6) is -0.0476. The van der Waals surface area contributed by atoms with Crippen molar-refractivity contribution in [1.82, 2.24) is 0 Å². The van der Waals surface area contributed by atoms with Crippen LogP contribution >= 0.6 is 0 Å². The maximum atomic E-state index is 14.7. The Morgan fingerprint density at radius 3 is 2.47 bits per heavy atom. The SMILES string of the molecule is COc1cc(-c2cccc(-c3cccc(NC(=O)C4CCCCO4)c3C)c2C)cc(F)c1CN. The molecule has 0 aliphatic carbocycles. The van der Waals surface area contributed by atoms with Gasteiger partial charge in [0.25, 0.3) is 5.91 Å². The first-order chi connectivity index (χ1) is 16.4. The molecule has 1 saturated heterocycles. The summed E-state index contributed by atoms with van der Waals surface area (Å²) in [7, 11) is 1.52. The minimum absolute atomic E-state index is 0.0674. The van der Waals surface area contributed by atoms with E-state index < -0.39 is 6.10 Å². The van der Waals surface area contributed by atoms with Gasteiger partial charge in [-0.1, -0.05) is 30.3 Å². The van der Waals surface area contributed by atoms with Crippen molar-refractivity contribution in [3.63, 3.8) is 0 Å². The van der Waals surface area contributed by atoms with E-state index in [0.29, 0.717) is 17.9 Å². The highest BCUT2D eigenvalue weighted by molar-refractivity contribution is 5.96. The summed E-state index contributed by atoms with van der Waals surface area (Å²) in [6.07, 6.45) is 2.34. The maximum Gasteiger partial charge on any atom is 0.253 e. The van der Waals surface area contributed by atoms with Crippen LogP contribution in [0.4, 0.5) is 10.1 Å². The number of halogens is 1. The molecule has 1 heterocycles. The molecule has 3 aromatic carbocycles. The fourth-order valence-corrected chi connectivity index (χ4v) is 4.61. The van der Waals surface area contributed by atoms with Crippen LogP contribution < -0.4 is 15.8 Å². The number of hydrogen-bond donors (Lipinski definition) is 2. The van der Waals surface area contributed by atoms with Gasteiger partial charge in [0.05, 0.1) is 7.11 Å². The molecule has 1 aliphatic rings. The van der Waals surface area contributed by atoms with E-state index in [2.05, 4.69) is 5.32 Å². The van der Waals surface area contributed by atoms with E-state index in [9.17, 15) is 9.18 Å². The van der Waals surface area contributed by atoms with Gasteiger partial charge in [0.1, 0.15) is 17.7 Å². The number of rotatable bonds is 6. The Morgan fingerprint density at radius 1 is 1.09 bits per heavy atom. The fourth-order valence-electron chi connectivity index (χ4n) is 4.61. The van der Waals surface area contributed by atoms with Gasteiger partial charge in [-0.2, -0.15) is 0 Å². The number of carbonyl (C=O) groups is 1. The summed E-state index contributed by atoms with van der Waals surface area (Å²) >= 11 is 0. The summed E-state index contributed by atoms with van der Waals surface area (Å²) in [4.78, 5) is 12.7. The molecule has 5 nitrogen and oxygen atoms in total. The van der Waals surface area contributed by atoms with Crippen LogP contribution in [-0.2, 0) is 16.1 Å². The number of methoxy groups -OCH3 is 1. The lowest BCUT2D eigenvalue weighted by molar-refractivity contribution is -0.129. The largest absolute Gasteiger partial charge is 0.496 e. The van der Waals surface area contributed by atoms with E-state index in [1.807, 2.05) is 56.3 Å². The molecule has 0 saturated carbocycles. The zero-order chi connectivity index (χ0) is 24.2. The number of ether oxygens (including phenoxy) is 2. The molecule has 4 rings (SSSR count). The van der Waals surface area contributed by atoms with E-state index >= 15 is 0 Å². The zero-order valence-electron chi connectivity index (χ0n) is 19.9. The summed E-state index contributed by atoms with van der Waals surface area (Å²) < 4.78 is 25.7. The van der Waals surface area contributed by atoms with Crippen LogP contribution in [0.1, 0.15) is 36.0 Å². The molecule has 1 atom stereocenters. The molecule has 1 fully saturated rings. The first-order valence-electron chi connectivity index (χ1n) is 11.6. The van der Waals surface area contributed by atoms with E-state index in [1.165, 1.54) is 13.2 Å². The van der Waals surface area contributed by atoms with Crippen LogP contribution in [0.3, 0.4) is 0 Å². The molecule has 3 aromatic rings. The minimum Gasteiger partial charge on any atom is -0.496 e. The molecule has 178 valence electrons. The standard InChI is InChI=1S/C28H31FN2O3/c1-17-20(19-14-24(29)23(16-30)27(15-19)33-3)8-6-9-21(17)22-10-7-11-25(18(22)2)31-28(32)26-12-4-5-13-34-26/h6-11,14-15,26H,4-5,12-13,16,30H2,1-3H3,(H,31,32). The number of nitrogens with two attached hydrogens (primary N) is 1. The molecule has 0 radical (unpaired) electrons. The van der Waals surface area contributed by atoms with Crippen molar-refractivity contribution in [1.29, 1.82) is 0 Å². The lowest BCUT2D eigenvalue weighted by atomic mass is 9.90. The number of hydrogen-bond acceptors (Lipinski definition) is 4. The Bertz CT molecular complexity index is 1200. The van der Waals surface area contributed by atoms with Gasteiger partial charge in [-0.15, -0.1) is 0 Å². The number of carbonyl (C=O) groups excluding carboxylic acids is 1. The van der Waals surface area contributed by atoms with Gasteiger partial charge in [-0.25, -0.2) is 4.39 Å². The topological polar surface area (TPSA) is 73.6 Å². The predicted molar refractivity (Wildman–Crippen MR) is 133 cm³/mol.